The van der Waals surface area contributed by atoms with Crippen LogP contribution >= 0.6 is 0 Å². The molecule has 1 aliphatic rings. The number of amides is 1. The van der Waals surface area contributed by atoms with E-state index in [9.17, 15) is 9.59 Å². The molecule has 1 N–H and O–H groups in total. The van der Waals surface area contributed by atoms with Crippen LogP contribution in [0.1, 0.15) is 30.1 Å². The van der Waals surface area contributed by atoms with Gasteiger partial charge in [0.15, 0.2) is 0 Å². The number of piperidine rings is 1. The van der Waals surface area contributed by atoms with Crippen LogP contribution in [0.5, 0.6) is 0 Å². The van der Waals surface area contributed by atoms with Crippen LogP contribution in [0, 0.1) is 5.92 Å². The first-order valence-electron chi connectivity index (χ1n) is 5.65. The molecule has 86 valence electrons. The highest BCUT2D eigenvalue weighted by Gasteiger charge is 2.23. The molecule has 1 atom stereocenters. The summed E-state index contributed by atoms with van der Waals surface area (Å²) in [5, 5.41) is 0. The van der Waals surface area contributed by atoms with E-state index >= 15 is 0 Å². The van der Waals surface area contributed by atoms with E-state index in [0.717, 1.165) is 25.9 Å². The lowest BCUT2D eigenvalue weighted by molar-refractivity contribution is 0.0681. The van der Waals surface area contributed by atoms with Gasteiger partial charge in [0.25, 0.3) is 11.5 Å². The second-order valence-corrected chi connectivity index (χ2v) is 4.41. The molecule has 1 aromatic rings. The second-order valence-electron chi connectivity index (χ2n) is 4.41. The number of carbonyl (C=O) groups is 1. The molecule has 2 rings (SSSR count). The SMILES string of the molecule is C[C@H]1CCCN(C(=O)c2ccc[nH]c2=O)C1. The van der Waals surface area contributed by atoms with E-state index in [0.29, 0.717) is 5.92 Å². The number of nitrogens with zero attached hydrogens (tertiary/aromatic N) is 1. The van der Waals surface area contributed by atoms with E-state index in [4.69, 9.17) is 0 Å². The third-order valence-corrected chi connectivity index (χ3v) is 2.99. The zero-order valence-electron chi connectivity index (χ0n) is 9.40. The van der Waals surface area contributed by atoms with Gasteiger partial charge in [0.2, 0.25) is 0 Å². The third kappa shape index (κ3) is 2.15. The summed E-state index contributed by atoms with van der Waals surface area (Å²) in [6.45, 7) is 3.65. The lowest BCUT2D eigenvalue weighted by Gasteiger charge is -2.30. The fourth-order valence-electron chi connectivity index (χ4n) is 2.13. The maximum atomic E-state index is 12.1. The molecule has 4 nitrogen and oxygen atoms in total. The zero-order chi connectivity index (χ0) is 11.5. The van der Waals surface area contributed by atoms with Gasteiger partial charge in [-0.15, -0.1) is 0 Å². The molecule has 0 spiro atoms. The van der Waals surface area contributed by atoms with Crippen LogP contribution < -0.4 is 5.56 Å². The van der Waals surface area contributed by atoms with Crippen LogP contribution in [0.4, 0.5) is 0 Å². The standard InChI is InChI=1S/C12H16N2O2/c1-9-4-3-7-14(8-9)12(16)10-5-2-6-13-11(10)15/h2,5-6,9H,3-4,7-8H2,1H3,(H,13,15)/t9-/m0/s1. The van der Waals surface area contributed by atoms with E-state index in [1.807, 2.05) is 0 Å². The Labute approximate surface area is 94.3 Å². The highest BCUT2D eigenvalue weighted by Crippen LogP contribution is 2.16. The predicted octanol–water partition coefficient (Wildman–Crippen LogP) is 1.25. The van der Waals surface area contributed by atoms with Crippen molar-refractivity contribution in [2.45, 2.75) is 19.8 Å². The Morgan fingerprint density at radius 2 is 2.38 bits per heavy atom. The Kier molecular flexibility index (Phi) is 3.08. The molecule has 0 radical (unpaired) electrons. The van der Waals surface area contributed by atoms with Crippen molar-refractivity contribution in [3.63, 3.8) is 0 Å². The van der Waals surface area contributed by atoms with E-state index in [1.165, 1.54) is 6.20 Å². The van der Waals surface area contributed by atoms with Crippen molar-refractivity contribution in [3.05, 3.63) is 34.2 Å². The maximum absolute atomic E-state index is 12.1. The lowest BCUT2D eigenvalue weighted by atomic mass is 10.00. The molecular formula is C12H16N2O2. The topological polar surface area (TPSA) is 53.2 Å². The Balaban J connectivity index is 2.19. The zero-order valence-corrected chi connectivity index (χ0v) is 9.40. The van der Waals surface area contributed by atoms with Crippen LogP contribution in [-0.4, -0.2) is 28.9 Å². The number of aromatic nitrogens is 1. The molecular weight excluding hydrogens is 204 g/mol. The molecule has 4 heteroatoms. The summed E-state index contributed by atoms with van der Waals surface area (Å²) in [6.07, 6.45) is 3.73. The van der Waals surface area contributed by atoms with Gasteiger partial charge in [-0.25, -0.2) is 0 Å². The summed E-state index contributed by atoms with van der Waals surface area (Å²) in [5.74, 6) is 0.383. The first-order valence-corrected chi connectivity index (χ1v) is 5.65. The van der Waals surface area contributed by atoms with Gasteiger partial charge < -0.3 is 9.88 Å². The Hall–Kier alpha value is -1.58. The highest BCUT2D eigenvalue weighted by atomic mass is 16.2. The van der Waals surface area contributed by atoms with Gasteiger partial charge >= 0.3 is 0 Å². The summed E-state index contributed by atoms with van der Waals surface area (Å²) in [7, 11) is 0. The van der Waals surface area contributed by atoms with Crippen LogP contribution in [0.15, 0.2) is 23.1 Å². The maximum Gasteiger partial charge on any atom is 0.260 e. The molecule has 1 amide bonds. The van der Waals surface area contributed by atoms with Crippen molar-refractivity contribution in [2.24, 2.45) is 5.92 Å². The molecule has 0 aromatic carbocycles. The van der Waals surface area contributed by atoms with Crippen LogP contribution in [0.2, 0.25) is 0 Å². The number of likely N-dealkylation sites (tertiary alicyclic amines) is 1. The minimum Gasteiger partial charge on any atom is -0.338 e. The van der Waals surface area contributed by atoms with Crippen molar-refractivity contribution < 1.29 is 4.79 Å². The molecule has 1 aliphatic heterocycles. The quantitative estimate of drug-likeness (QED) is 0.774. The van der Waals surface area contributed by atoms with Crippen molar-refractivity contribution in [3.8, 4) is 0 Å². The normalized spacial score (nSPS) is 20.8. The minimum absolute atomic E-state index is 0.145. The Bertz CT molecular complexity index is 439. The molecule has 1 fully saturated rings. The number of aromatic amines is 1. The number of hydrogen-bond acceptors (Lipinski definition) is 2. The third-order valence-electron chi connectivity index (χ3n) is 2.99. The first-order chi connectivity index (χ1) is 7.68. The van der Waals surface area contributed by atoms with Crippen LogP contribution in [0.3, 0.4) is 0 Å². The number of pyridine rings is 1. The summed E-state index contributed by atoms with van der Waals surface area (Å²) >= 11 is 0. The smallest absolute Gasteiger partial charge is 0.260 e. The van der Waals surface area contributed by atoms with Crippen molar-refractivity contribution in [1.29, 1.82) is 0 Å². The molecule has 16 heavy (non-hydrogen) atoms. The molecule has 0 bridgehead atoms. The summed E-state index contributed by atoms with van der Waals surface area (Å²) < 4.78 is 0. The number of hydrogen-bond donors (Lipinski definition) is 1. The van der Waals surface area contributed by atoms with Gasteiger partial charge in [-0.3, -0.25) is 9.59 Å². The number of rotatable bonds is 1. The van der Waals surface area contributed by atoms with Gasteiger partial charge in [0, 0.05) is 19.3 Å². The first kappa shape index (κ1) is 10.9. The molecule has 0 saturated carbocycles. The van der Waals surface area contributed by atoms with E-state index in [1.54, 1.807) is 17.0 Å². The van der Waals surface area contributed by atoms with E-state index < -0.39 is 0 Å². The van der Waals surface area contributed by atoms with Gasteiger partial charge in [0.05, 0.1) is 0 Å². The average Bonchev–Trinajstić information content (AvgIpc) is 2.29. The minimum atomic E-state index is -0.300. The summed E-state index contributed by atoms with van der Waals surface area (Å²) in [5.41, 5.74) is -0.0534. The predicted molar refractivity (Wildman–Crippen MR) is 61.4 cm³/mol. The van der Waals surface area contributed by atoms with Crippen molar-refractivity contribution in [1.82, 2.24) is 9.88 Å². The summed E-state index contributed by atoms with van der Waals surface area (Å²) in [6, 6.07) is 3.27. The van der Waals surface area contributed by atoms with E-state index in [2.05, 4.69) is 11.9 Å². The second kappa shape index (κ2) is 4.51. The van der Waals surface area contributed by atoms with E-state index in [-0.39, 0.29) is 17.0 Å². The number of nitrogens with one attached hydrogen (secondary N) is 1. The fraction of sp³-hybridized carbons (Fsp3) is 0.500. The molecule has 1 saturated heterocycles. The van der Waals surface area contributed by atoms with Crippen LogP contribution in [-0.2, 0) is 0 Å². The molecule has 0 unspecified atom stereocenters. The Morgan fingerprint density at radius 1 is 1.56 bits per heavy atom. The van der Waals surface area contributed by atoms with Gasteiger partial charge in [-0.1, -0.05) is 6.92 Å². The molecule has 0 aliphatic carbocycles. The molecule has 1 aromatic heterocycles. The number of H-pyrrole nitrogens is 1. The van der Waals surface area contributed by atoms with Crippen molar-refractivity contribution in [2.75, 3.05) is 13.1 Å². The van der Waals surface area contributed by atoms with Gasteiger partial charge in [-0.05, 0) is 30.9 Å². The van der Waals surface area contributed by atoms with Crippen LogP contribution in [0.25, 0.3) is 0 Å². The molecule has 2 heterocycles. The number of carbonyl (C=O) groups excluding carboxylic acids is 1. The fourth-order valence-corrected chi connectivity index (χ4v) is 2.13. The lowest BCUT2D eigenvalue weighted by Crippen LogP contribution is -2.41. The Morgan fingerprint density at radius 3 is 3.06 bits per heavy atom. The van der Waals surface area contributed by atoms with Crippen molar-refractivity contribution >= 4 is 5.91 Å². The largest absolute Gasteiger partial charge is 0.338 e. The average molecular weight is 220 g/mol. The highest BCUT2D eigenvalue weighted by molar-refractivity contribution is 5.93. The van der Waals surface area contributed by atoms with Gasteiger partial charge in [0.1, 0.15) is 5.56 Å². The van der Waals surface area contributed by atoms with Gasteiger partial charge in [-0.2, -0.15) is 0 Å². The summed E-state index contributed by atoms with van der Waals surface area (Å²) in [4.78, 5) is 27.9. The monoisotopic (exact) mass is 220 g/mol.